The van der Waals surface area contributed by atoms with Crippen molar-refractivity contribution in [3.63, 3.8) is 0 Å². The second kappa shape index (κ2) is 11.6. The van der Waals surface area contributed by atoms with E-state index in [0.717, 1.165) is 28.2 Å². The van der Waals surface area contributed by atoms with Crippen LogP contribution >= 0.6 is 0 Å². The Hall–Kier alpha value is -4.71. The van der Waals surface area contributed by atoms with Crippen LogP contribution in [0.15, 0.2) is 120 Å². The van der Waals surface area contributed by atoms with Crippen LogP contribution in [0, 0.1) is 5.41 Å². The molecule has 0 spiro atoms. The molecular formula is C34H34N4O2. The van der Waals surface area contributed by atoms with Crippen LogP contribution in [0.5, 0.6) is 0 Å². The molecular weight excluding hydrogens is 496 g/mol. The molecule has 0 radical (unpaired) electrons. The maximum Gasteiger partial charge on any atom is 0.254 e. The summed E-state index contributed by atoms with van der Waals surface area (Å²) >= 11 is 0. The normalized spacial score (nSPS) is 12.2. The number of nitrogens with one attached hydrogen (secondary N) is 1. The quantitative estimate of drug-likeness (QED) is 0.242. The Morgan fingerprint density at radius 1 is 0.875 bits per heavy atom. The SMILES string of the molecule is CC(C)(C)C(c1nc(-c2ccccc2)cn1Cc1ccccc1)N(Cc1cc[nH]c(=O)c1)C(=O)c1ccccc1. The van der Waals surface area contributed by atoms with Crippen LogP contribution in [0.4, 0.5) is 0 Å². The zero-order valence-electron chi connectivity index (χ0n) is 23.1. The van der Waals surface area contributed by atoms with Crippen molar-refractivity contribution in [3.8, 4) is 11.3 Å². The molecule has 1 N–H and O–H groups in total. The third-order valence-corrected chi connectivity index (χ3v) is 6.92. The third kappa shape index (κ3) is 6.12. The van der Waals surface area contributed by atoms with Crippen LogP contribution in [0.1, 0.15) is 54.1 Å². The Bertz CT molecular complexity index is 1620. The number of aromatic nitrogens is 3. The monoisotopic (exact) mass is 530 g/mol. The highest BCUT2D eigenvalue weighted by molar-refractivity contribution is 5.94. The number of hydrogen-bond acceptors (Lipinski definition) is 3. The fourth-order valence-electron chi connectivity index (χ4n) is 5.11. The number of carbonyl (C=O) groups is 1. The van der Waals surface area contributed by atoms with E-state index in [-0.39, 0.29) is 23.4 Å². The van der Waals surface area contributed by atoms with E-state index in [1.807, 2.05) is 89.8 Å². The van der Waals surface area contributed by atoms with E-state index in [4.69, 9.17) is 4.98 Å². The highest BCUT2D eigenvalue weighted by atomic mass is 16.2. The molecule has 0 aliphatic carbocycles. The number of amides is 1. The Kier molecular flexibility index (Phi) is 7.78. The van der Waals surface area contributed by atoms with Gasteiger partial charge in [-0.2, -0.15) is 0 Å². The predicted molar refractivity (Wildman–Crippen MR) is 159 cm³/mol. The molecule has 1 unspecified atom stereocenters. The summed E-state index contributed by atoms with van der Waals surface area (Å²) in [6.07, 6.45) is 3.70. The molecule has 0 saturated heterocycles. The number of pyridine rings is 1. The van der Waals surface area contributed by atoms with Gasteiger partial charge in [0.05, 0.1) is 11.7 Å². The summed E-state index contributed by atoms with van der Waals surface area (Å²) in [6, 6.07) is 32.7. The van der Waals surface area contributed by atoms with Gasteiger partial charge in [0.25, 0.3) is 5.91 Å². The molecule has 0 fully saturated rings. The van der Waals surface area contributed by atoms with Gasteiger partial charge >= 0.3 is 0 Å². The van der Waals surface area contributed by atoms with Gasteiger partial charge in [-0.3, -0.25) is 9.59 Å². The van der Waals surface area contributed by atoms with Gasteiger partial charge < -0.3 is 14.5 Å². The Morgan fingerprint density at radius 3 is 2.12 bits per heavy atom. The summed E-state index contributed by atoms with van der Waals surface area (Å²) in [5.41, 5.74) is 3.76. The maximum atomic E-state index is 14.2. The van der Waals surface area contributed by atoms with Crippen molar-refractivity contribution in [2.45, 2.75) is 39.9 Å². The molecule has 0 saturated carbocycles. The maximum absolute atomic E-state index is 14.2. The lowest BCUT2D eigenvalue weighted by molar-refractivity contribution is 0.0456. The van der Waals surface area contributed by atoms with Gasteiger partial charge in [0.1, 0.15) is 5.82 Å². The molecule has 0 aliphatic rings. The first-order valence-corrected chi connectivity index (χ1v) is 13.5. The lowest BCUT2D eigenvalue weighted by atomic mass is 9.84. The van der Waals surface area contributed by atoms with Gasteiger partial charge in [-0.25, -0.2) is 4.98 Å². The molecule has 3 aromatic carbocycles. The standard InChI is InChI=1S/C34H34N4O2/c1-34(2,3)31(38(23-26-19-20-35-30(39)21-26)33(40)28-17-11-6-12-18-28)32-36-29(27-15-9-5-10-16-27)24-37(32)22-25-13-7-4-8-14-25/h4-21,24,31H,22-23H2,1-3H3,(H,35,39). The van der Waals surface area contributed by atoms with Crippen LogP contribution in [0.3, 0.4) is 0 Å². The van der Waals surface area contributed by atoms with E-state index >= 15 is 0 Å². The van der Waals surface area contributed by atoms with Gasteiger partial charge in [0, 0.05) is 42.7 Å². The van der Waals surface area contributed by atoms with E-state index in [0.29, 0.717) is 12.1 Å². The first-order valence-electron chi connectivity index (χ1n) is 13.5. The first kappa shape index (κ1) is 26.9. The molecule has 6 nitrogen and oxygen atoms in total. The van der Waals surface area contributed by atoms with Crippen molar-refractivity contribution in [2.24, 2.45) is 5.41 Å². The van der Waals surface area contributed by atoms with Crippen LogP contribution < -0.4 is 5.56 Å². The van der Waals surface area contributed by atoms with Crippen molar-refractivity contribution in [1.29, 1.82) is 0 Å². The lowest BCUT2D eigenvalue weighted by Crippen LogP contribution is -2.42. The molecule has 1 amide bonds. The summed E-state index contributed by atoms with van der Waals surface area (Å²) in [6.45, 7) is 7.26. The minimum absolute atomic E-state index is 0.115. The van der Waals surface area contributed by atoms with Gasteiger partial charge in [-0.15, -0.1) is 0 Å². The van der Waals surface area contributed by atoms with Gasteiger partial charge in [0.2, 0.25) is 5.56 Å². The van der Waals surface area contributed by atoms with Crippen molar-refractivity contribution < 1.29 is 4.79 Å². The number of rotatable bonds is 8. The average molecular weight is 531 g/mol. The largest absolute Gasteiger partial charge is 0.329 e. The van der Waals surface area contributed by atoms with Crippen LogP contribution in [0.2, 0.25) is 0 Å². The molecule has 2 heterocycles. The summed E-state index contributed by atoms with van der Waals surface area (Å²) in [5, 5.41) is 0. The molecule has 202 valence electrons. The van der Waals surface area contributed by atoms with Crippen molar-refractivity contribution in [2.75, 3.05) is 0 Å². The number of hydrogen-bond donors (Lipinski definition) is 1. The number of benzene rings is 3. The number of carbonyl (C=O) groups excluding carboxylic acids is 1. The van der Waals surface area contributed by atoms with E-state index in [1.165, 1.54) is 0 Å². The van der Waals surface area contributed by atoms with Gasteiger partial charge in [-0.05, 0) is 34.7 Å². The highest BCUT2D eigenvalue weighted by Gasteiger charge is 2.38. The molecule has 0 bridgehead atoms. The molecule has 40 heavy (non-hydrogen) atoms. The van der Waals surface area contributed by atoms with E-state index in [2.05, 4.69) is 48.7 Å². The topological polar surface area (TPSA) is 71.0 Å². The lowest BCUT2D eigenvalue weighted by Gasteiger charge is -2.40. The third-order valence-electron chi connectivity index (χ3n) is 6.92. The number of aromatic amines is 1. The second-order valence-corrected chi connectivity index (χ2v) is 11.1. The number of H-pyrrole nitrogens is 1. The van der Waals surface area contributed by atoms with E-state index < -0.39 is 6.04 Å². The molecule has 5 aromatic rings. The number of imidazole rings is 1. The van der Waals surface area contributed by atoms with Gasteiger partial charge in [-0.1, -0.05) is 99.6 Å². The van der Waals surface area contributed by atoms with E-state index in [9.17, 15) is 9.59 Å². The first-order chi connectivity index (χ1) is 19.3. The molecule has 1 atom stereocenters. The summed E-state index contributed by atoms with van der Waals surface area (Å²) in [7, 11) is 0. The van der Waals surface area contributed by atoms with Crippen molar-refractivity contribution >= 4 is 5.91 Å². The summed E-state index contributed by atoms with van der Waals surface area (Å²) in [5.74, 6) is 0.681. The Labute approximate surface area is 235 Å². The zero-order valence-corrected chi connectivity index (χ0v) is 23.1. The fourth-order valence-corrected chi connectivity index (χ4v) is 5.11. The molecule has 2 aromatic heterocycles. The Balaban J connectivity index is 1.68. The second-order valence-electron chi connectivity index (χ2n) is 11.1. The van der Waals surface area contributed by atoms with E-state index in [1.54, 1.807) is 12.3 Å². The van der Waals surface area contributed by atoms with Crippen LogP contribution in [0.25, 0.3) is 11.3 Å². The summed E-state index contributed by atoms with van der Waals surface area (Å²) < 4.78 is 2.16. The minimum Gasteiger partial charge on any atom is -0.329 e. The number of nitrogens with zero attached hydrogens (tertiary/aromatic N) is 3. The molecule has 6 heteroatoms. The predicted octanol–water partition coefficient (Wildman–Crippen LogP) is 6.72. The van der Waals surface area contributed by atoms with Crippen molar-refractivity contribution in [3.05, 3.63) is 148 Å². The minimum atomic E-state index is -0.402. The highest BCUT2D eigenvalue weighted by Crippen LogP contribution is 2.40. The summed E-state index contributed by atoms with van der Waals surface area (Å²) in [4.78, 5) is 36.2. The fraction of sp³-hybridized carbons (Fsp3) is 0.206. The average Bonchev–Trinajstić information content (AvgIpc) is 3.36. The van der Waals surface area contributed by atoms with Crippen molar-refractivity contribution in [1.82, 2.24) is 19.4 Å². The molecule has 5 rings (SSSR count). The van der Waals surface area contributed by atoms with Crippen LogP contribution in [-0.4, -0.2) is 25.3 Å². The Morgan fingerprint density at radius 2 is 1.50 bits per heavy atom. The van der Waals surface area contributed by atoms with Crippen LogP contribution in [-0.2, 0) is 13.1 Å². The zero-order chi connectivity index (χ0) is 28.1. The molecule has 0 aliphatic heterocycles. The smallest absolute Gasteiger partial charge is 0.254 e. The van der Waals surface area contributed by atoms with Gasteiger partial charge in [0.15, 0.2) is 0 Å².